The highest BCUT2D eigenvalue weighted by molar-refractivity contribution is 5.75. The molecule has 0 atom stereocenters. The predicted molar refractivity (Wildman–Crippen MR) is 41.7 cm³/mol. The minimum absolute atomic E-state index is 0.168. The molecule has 0 amide bonds. The van der Waals surface area contributed by atoms with Crippen molar-refractivity contribution in [1.29, 1.82) is 0 Å². The normalized spacial score (nSPS) is 11.0. The molecule has 0 saturated heterocycles. The predicted octanol–water partition coefficient (Wildman–Crippen LogP) is 3.37. The molecule has 0 bridgehead atoms. The number of carbonyl (C=O) groups is 1. The van der Waals surface area contributed by atoms with Crippen molar-refractivity contribution in [2.75, 3.05) is 0 Å². The number of benzene rings is 1. The highest BCUT2D eigenvalue weighted by Crippen LogP contribution is 2.26. The van der Waals surface area contributed by atoms with Crippen LogP contribution in [0.2, 0.25) is 0 Å². The molecular weight excluding hydrogens is 200 g/mol. The van der Waals surface area contributed by atoms with Gasteiger partial charge in [-0.3, -0.25) is 4.79 Å². The summed E-state index contributed by atoms with van der Waals surface area (Å²) in [5.74, 6) is 0. The number of hydrogen-bond donors (Lipinski definition) is 0. The van der Waals surface area contributed by atoms with Crippen molar-refractivity contribution in [3.63, 3.8) is 0 Å². The molecule has 0 unspecified atom stereocenters. The quantitative estimate of drug-likeness (QED) is 0.547. The minimum atomic E-state index is -2.85. The van der Waals surface area contributed by atoms with Crippen molar-refractivity contribution < 1.29 is 22.4 Å². The van der Waals surface area contributed by atoms with Gasteiger partial charge >= 0.3 is 0 Å². The van der Waals surface area contributed by atoms with Crippen molar-refractivity contribution in [2.24, 2.45) is 0 Å². The maximum absolute atomic E-state index is 12.2. The van der Waals surface area contributed by atoms with Gasteiger partial charge in [0.25, 0.3) is 12.9 Å². The zero-order chi connectivity index (χ0) is 10.7. The summed E-state index contributed by atoms with van der Waals surface area (Å²) in [6.07, 6.45) is -5.45. The van der Waals surface area contributed by atoms with E-state index < -0.39 is 24.0 Å². The van der Waals surface area contributed by atoms with E-state index in [0.29, 0.717) is 6.07 Å². The van der Waals surface area contributed by atoms with Gasteiger partial charge in [-0.05, 0) is 18.2 Å². The molecule has 5 heteroatoms. The number of rotatable bonds is 3. The molecule has 0 saturated carbocycles. The van der Waals surface area contributed by atoms with Gasteiger partial charge in [-0.15, -0.1) is 0 Å². The summed E-state index contributed by atoms with van der Waals surface area (Å²) in [4.78, 5) is 10.3. The molecule has 0 spiro atoms. The molecule has 0 aliphatic rings. The van der Waals surface area contributed by atoms with E-state index in [-0.39, 0.29) is 11.8 Å². The van der Waals surface area contributed by atoms with Gasteiger partial charge in [-0.25, -0.2) is 17.6 Å². The van der Waals surface area contributed by atoms with Crippen molar-refractivity contribution in [2.45, 2.75) is 12.9 Å². The second-order valence-electron chi connectivity index (χ2n) is 2.65. The third-order valence-electron chi connectivity index (χ3n) is 1.64. The average Bonchev–Trinajstić information content (AvgIpc) is 2.16. The van der Waals surface area contributed by atoms with Crippen LogP contribution >= 0.6 is 0 Å². The number of hydrogen-bond acceptors (Lipinski definition) is 1. The Hall–Kier alpha value is -1.39. The van der Waals surface area contributed by atoms with E-state index in [1.54, 1.807) is 0 Å². The zero-order valence-corrected chi connectivity index (χ0v) is 6.88. The first-order valence-electron chi connectivity index (χ1n) is 3.71. The summed E-state index contributed by atoms with van der Waals surface area (Å²) in [5.41, 5.74) is -1.30. The molecule has 0 heterocycles. The summed E-state index contributed by atoms with van der Waals surface area (Å²) in [6.45, 7) is 0. The molecule has 1 rings (SSSR count). The minimum Gasteiger partial charge on any atom is -0.298 e. The molecule has 0 aliphatic heterocycles. The van der Waals surface area contributed by atoms with Crippen LogP contribution in [0.3, 0.4) is 0 Å². The molecule has 76 valence electrons. The molecule has 1 aromatic rings. The van der Waals surface area contributed by atoms with Gasteiger partial charge in [-0.2, -0.15) is 0 Å². The summed E-state index contributed by atoms with van der Waals surface area (Å²) >= 11 is 0. The smallest absolute Gasteiger partial charge is 0.263 e. The summed E-state index contributed by atoms with van der Waals surface area (Å²) in [6, 6.07) is 2.48. The monoisotopic (exact) mass is 206 g/mol. The number of alkyl halides is 4. The summed E-state index contributed by atoms with van der Waals surface area (Å²) in [5, 5.41) is 0. The van der Waals surface area contributed by atoms with E-state index in [4.69, 9.17) is 0 Å². The fraction of sp³-hybridized carbons (Fsp3) is 0.222. The van der Waals surface area contributed by atoms with Gasteiger partial charge in [0, 0.05) is 16.7 Å². The van der Waals surface area contributed by atoms with E-state index in [1.807, 2.05) is 0 Å². The number of aldehydes is 1. The van der Waals surface area contributed by atoms with Crippen LogP contribution in [0.25, 0.3) is 0 Å². The second kappa shape index (κ2) is 4.21. The lowest BCUT2D eigenvalue weighted by Crippen LogP contribution is -1.93. The van der Waals surface area contributed by atoms with Gasteiger partial charge in [0.15, 0.2) is 0 Å². The SMILES string of the molecule is O=Cc1cc(C(F)F)cc(C(F)F)c1. The lowest BCUT2D eigenvalue weighted by atomic mass is 10.1. The van der Waals surface area contributed by atoms with Gasteiger partial charge in [0.05, 0.1) is 0 Å². The van der Waals surface area contributed by atoms with E-state index in [9.17, 15) is 22.4 Å². The third-order valence-corrected chi connectivity index (χ3v) is 1.64. The van der Waals surface area contributed by atoms with Crippen LogP contribution in [-0.2, 0) is 0 Å². The maximum atomic E-state index is 12.2. The van der Waals surface area contributed by atoms with Crippen LogP contribution in [0.15, 0.2) is 18.2 Å². The lowest BCUT2D eigenvalue weighted by Gasteiger charge is -2.05. The molecule has 0 aromatic heterocycles. The van der Waals surface area contributed by atoms with Gasteiger partial charge < -0.3 is 0 Å². The third kappa shape index (κ3) is 2.31. The average molecular weight is 206 g/mol. The first-order valence-corrected chi connectivity index (χ1v) is 3.71. The van der Waals surface area contributed by atoms with Crippen LogP contribution in [-0.4, -0.2) is 6.29 Å². The molecule has 14 heavy (non-hydrogen) atoms. The van der Waals surface area contributed by atoms with E-state index in [1.165, 1.54) is 0 Å². The highest BCUT2D eigenvalue weighted by atomic mass is 19.3. The van der Waals surface area contributed by atoms with Crippen LogP contribution < -0.4 is 0 Å². The van der Waals surface area contributed by atoms with Crippen molar-refractivity contribution in [3.8, 4) is 0 Å². The Morgan fingerprint density at radius 3 is 1.64 bits per heavy atom. The highest BCUT2D eigenvalue weighted by Gasteiger charge is 2.14. The number of carbonyl (C=O) groups excluding carboxylic acids is 1. The fourth-order valence-electron chi connectivity index (χ4n) is 1.02. The van der Waals surface area contributed by atoms with Gasteiger partial charge in [0.2, 0.25) is 0 Å². The fourth-order valence-corrected chi connectivity index (χ4v) is 1.02. The Bertz CT molecular complexity index is 309. The second-order valence-corrected chi connectivity index (χ2v) is 2.65. The molecule has 0 aliphatic carbocycles. The first-order chi connectivity index (χ1) is 6.54. The Labute approximate surface area is 77.3 Å². The number of halogens is 4. The van der Waals surface area contributed by atoms with E-state index >= 15 is 0 Å². The summed E-state index contributed by atoms with van der Waals surface area (Å²) in [7, 11) is 0. The van der Waals surface area contributed by atoms with E-state index in [2.05, 4.69) is 0 Å². The molecule has 0 radical (unpaired) electrons. The molecule has 1 nitrogen and oxygen atoms in total. The Balaban J connectivity index is 3.20. The molecule has 1 aromatic carbocycles. The van der Waals surface area contributed by atoms with Crippen molar-refractivity contribution in [1.82, 2.24) is 0 Å². The Morgan fingerprint density at radius 1 is 0.929 bits per heavy atom. The van der Waals surface area contributed by atoms with Crippen molar-refractivity contribution >= 4 is 6.29 Å². The Morgan fingerprint density at radius 2 is 1.36 bits per heavy atom. The summed E-state index contributed by atoms with van der Waals surface area (Å²) < 4.78 is 48.7. The largest absolute Gasteiger partial charge is 0.298 e. The topological polar surface area (TPSA) is 17.1 Å². The van der Waals surface area contributed by atoms with Crippen LogP contribution in [0.1, 0.15) is 34.3 Å². The van der Waals surface area contributed by atoms with E-state index in [0.717, 1.165) is 12.1 Å². The molecule has 0 N–H and O–H groups in total. The van der Waals surface area contributed by atoms with Crippen molar-refractivity contribution in [3.05, 3.63) is 34.9 Å². The molecule has 0 fully saturated rings. The molecular formula is C9H6F4O. The van der Waals surface area contributed by atoms with Crippen LogP contribution in [0, 0.1) is 0 Å². The van der Waals surface area contributed by atoms with Crippen LogP contribution in [0.5, 0.6) is 0 Å². The lowest BCUT2D eigenvalue weighted by molar-refractivity contribution is 0.112. The standard InChI is InChI=1S/C9H6F4O/c10-8(11)6-1-5(4-14)2-7(3-6)9(12)13/h1-4,8-9H. The Kier molecular flexibility index (Phi) is 3.22. The maximum Gasteiger partial charge on any atom is 0.263 e. The first kappa shape index (κ1) is 10.7. The van der Waals surface area contributed by atoms with Gasteiger partial charge in [-0.1, -0.05) is 0 Å². The zero-order valence-electron chi connectivity index (χ0n) is 6.88. The van der Waals surface area contributed by atoms with Gasteiger partial charge in [0.1, 0.15) is 6.29 Å². The van der Waals surface area contributed by atoms with Crippen LogP contribution in [0.4, 0.5) is 17.6 Å².